The fourth-order valence-corrected chi connectivity index (χ4v) is 1.46. The molecule has 4 N–H and O–H groups in total. The molecule has 2 rings (SSSR count). The first kappa shape index (κ1) is 11.4. The number of nitrogens with two attached hydrogens (primary N) is 1. The monoisotopic (exact) mass is 229 g/mol. The standard InChI is InChI=1S/C13H15N3O/c14-7-12-2-1-10(9-16-12)8-15-11-3-5-13(17)6-4-11/h1-6,9,15,17H,7-8,14H2. The first-order valence-electron chi connectivity index (χ1n) is 5.45. The lowest BCUT2D eigenvalue weighted by Crippen LogP contribution is -2.02. The van der Waals surface area contributed by atoms with E-state index in [1.54, 1.807) is 12.1 Å². The van der Waals surface area contributed by atoms with E-state index in [1.807, 2.05) is 30.5 Å². The van der Waals surface area contributed by atoms with E-state index in [0.29, 0.717) is 13.1 Å². The van der Waals surface area contributed by atoms with Crippen LogP contribution in [0.3, 0.4) is 0 Å². The summed E-state index contributed by atoms with van der Waals surface area (Å²) < 4.78 is 0. The van der Waals surface area contributed by atoms with E-state index in [2.05, 4.69) is 10.3 Å². The predicted molar refractivity (Wildman–Crippen MR) is 67.6 cm³/mol. The van der Waals surface area contributed by atoms with Gasteiger partial charge in [0.05, 0.1) is 5.69 Å². The van der Waals surface area contributed by atoms with Crippen LogP contribution >= 0.6 is 0 Å². The van der Waals surface area contributed by atoms with Crippen molar-refractivity contribution in [1.82, 2.24) is 4.98 Å². The van der Waals surface area contributed by atoms with Crippen LogP contribution in [0.15, 0.2) is 42.6 Å². The minimum atomic E-state index is 0.268. The van der Waals surface area contributed by atoms with Gasteiger partial charge in [0.2, 0.25) is 0 Å². The lowest BCUT2D eigenvalue weighted by molar-refractivity contribution is 0.475. The van der Waals surface area contributed by atoms with Crippen molar-refractivity contribution in [2.45, 2.75) is 13.1 Å². The largest absolute Gasteiger partial charge is 0.508 e. The third kappa shape index (κ3) is 3.19. The van der Waals surface area contributed by atoms with Crippen molar-refractivity contribution in [2.24, 2.45) is 5.73 Å². The molecule has 0 aliphatic carbocycles. The summed E-state index contributed by atoms with van der Waals surface area (Å²) >= 11 is 0. The molecule has 0 saturated heterocycles. The van der Waals surface area contributed by atoms with Crippen molar-refractivity contribution in [3.05, 3.63) is 53.9 Å². The molecule has 0 spiro atoms. The number of anilines is 1. The number of phenols is 1. The number of benzene rings is 1. The fourth-order valence-electron chi connectivity index (χ4n) is 1.46. The number of pyridine rings is 1. The zero-order valence-corrected chi connectivity index (χ0v) is 9.43. The summed E-state index contributed by atoms with van der Waals surface area (Å²) in [6.07, 6.45) is 1.82. The normalized spacial score (nSPS) is 10.2. The summed E-state index contributed by atoms with van der Waals surface area (Å²) in [5.41, 5.74) is 8.42. The van der Waals surface area contributed by atoms with Crippen molar-refractivity contribution in [2.75, 3.05) is 5.32 Å². The zero-order valence-electron chi connectivity index (χ0n) is 9.43. The SMILES string of the molecule is NCc1ccc(CNc2ccc(O)cc2)cn1. The maximum absolute atomic E-state index is 9.15. The van der Waals surface area contributed by atoms with Gasteiger partial charge in [-0.15, -0.1) is 0 Å². The predicted octanol–water partition coefficient (Wildman–Crippen LogP) is 1.86. The average molecular weight is 229 g/mol. The lowest BCUT2D eigenvalue weighted by Gasteiger charge is -2.06. The van der Waals surface area contributed by atoms with E-state index >= 15 is 0 Å². The van der Waals surface area contributed by atoms with Crippen molar-refractivity contribution in [1.29, 1.82) is 0 Å². The van der Waals surface area contributed by atoms with Crippen LogP contribution in [0.25, 0.3) is 0 Å². The van der Waals surface area contributed by atoms with Crippen LogP contribution in [0.4, 0.5) is 5.69 Å². The van der Waals surface area contributed by atoms with Gasteiger partial charge in [-0.1, -0.05) is 6.07 Å². The molecule has 0 unspecified atom stereocenters. The van der Waals surface area contributed by atoms with E-state index in [-0.39, 0.29) is 5.75 Å². The number of nitrogens with one attached hydrogen (secondary N) is 1. The van der Waals surface area contributed by atoms with Crippen LogP contribution in [0.1, 0.15) is 11.3 Å². The van der Waals surface area contributed by atoms with Crippen LogP contribution in [0.5, 0.6) is 5.75 Å². The molecular formula is C13H15N3O. The minimum absolute atomic E-state index is 0.268. The Labute approximate surface area is 100 Å². The first-order chi connectivity index (χ1) is 8.28. The summed E-state index contributed by atoms with van der Waals surface area (Å²) in [6, 6.07) is 10.9. The number of aromatic nitrogens is 1. The van der Waals surface area contributed by atoms with Gasteiger partial charge in [-0.3, -0.25) is 4.98 Å². The van der Waals surface area contributed by atoms with Crippen LogP contribution < -0.4 is 11.1 Å². The average Bonchev–Trinajstić information content (AvgIpc) is 2.39. The molecule has 1 heterocycles. The van der Waals surface area contributed by atoms with Crippen LogP contribution in [0, 0.1) is 0 Å². The molecule has 4 heteroatoms. The van der Waals surface area contributed by atoms with E-state index < -0.39 is 0 Å². The van der Waals surface area contributed by atoms with Gasteiger partial charge < -0.3 is 16.2 Å². The van der Waals surface area contributed by atoms with Gasteiger partial charge in [-0.25, -0.2) is 0 Å². The van der Waals surface area contributed by atoms with E-state index in [4.69, 9.17) is 10.8 Å². The van der Waals surface area contributed by atoms with Gasteiger partial charge >= 0.3 is 0 Å². The van der Waals surface area contributed by atoms with Gasteiger partial charge in [-0.05, 0) is 35.9 Å². The van der Waals surface area contributed by atoms with Gasteiger partial charge in [0, 0.05) is 25.0 Å². The molecule has 0 amide bonds. The highest BCUT2D eigenvalue weighted by Crippen LogP contribution is 2.14. The molecule has 0 aliphatic heterocycles. The molecule has 0 radical (unpaired) electrons. The molecule has 0 aliphatic rings. The van der Waals surface area contributed by atoms with Crippen LogP contribution in [0.2, 0.25) is 0 Å². The summed E-state index contributed by atoms with van der Waals surface area (Å²) in [5, 5.41) is 12.4. The Bertz CT molecular complexity index is 465. The minimum Gasteiger partial charge on any atom is -0.508 e. The van der Waals surface area contributed by atoms with Crippen molar-refractivity contribution < 1.29 is 5.11 Å². The number of rotatable bonds is 4. The molecule has 1 aromatic carbocycles. The first-order valence-corrected chi connectivity index (χ1v) is 5.45. The maximum atomic E-state index is 9.15. The quantitative estimate of drug-likeness (QED) is 0.700. The van der Waals surface area contributed by atoms with Crippen molar-refractivity contribution >= 4 is 5.69 Å². The molecule has 88 valence electrons. The van der Waals surface area contributed by atoms with Crippen LogP contribution in [-0.4, -0.2) is 10.1 Å². The second kappa shape index (κ2) is 5.32. The van der Waals surface area contributed by atoms with Gasteiger partial charge in [0.1, 0.15) is 5.75 Å². The number of nitrogens with zero attached hydrogens (tertiary/aromatic N) is 1. The number of hydrogen-bond acceptors (Lipinski definition) is 4. The van der Waals surface area contributed by atoms with E-state index in [1.165, 1.54) is 0 Å². The Kier molecular flexibility index (Phi) is 3.57. The molecule has 17 heavy (non-hydrogen) atoms. The fraction of sp³-hybridized carbons (Fsp3) is 0.154. The maximum Gasteiger partial charge on any atom is 0.115 e. The third-order valence-electron chi connectivity index (χ3n) is 2.46. The highest BCUT2D eigenvalue weighted by atomic mass is 16.3. The number of phenolic OH excluding ortho intramolecular Hbond substituents is 1. The third-order valence-corrected chi connectivity index (χ3v) is 2.46. The van der Waals surface area contributed by atoms with E-state index in [0.717, 1.165) is 16.9 Å². The Balaban J connectivity index is 1.95. The molecule has 0 fully saturated rings. The lowest BCUT2D eigenvalue weighted by atomic mass is 10.2. The molecule has 0 saturated carbocycles. The molecule has 2 aromatic rings. The van der Waals surface area contributed by atoms with Gasteiger partial charge in [0.15, 0.2) is 0 Å². The molecule has 0 atom stereocenters. The van der Waals surface area contributed by atoms with Gasteiger partial charge in [0.25, 0.3) is 0 Å². The van der Waals surface area contributed by atoms with Crippen LogP contribution in [-0.2, 0) is 13.1 Å². The molecule has 4 nitrogen and oxygen atoms in total. The topological polar surface area (TPSA) is 71.2 Å². The molecule has 1 aromatic heterocycles. The molecular weight excluding hydrogens is 214 g/mol. The highest BCUT2D eigenvalue weighted by molar-refractivity contribution is 5.46. The Morgan fingerprint density at radius 1 is 1.12 bits per heavy atom. The smallest absolute Gasteiger partial charge is 0.115 e. The molecule has 0 bridgehead atoms. The number of hydrogen-bond donors (Lipinski definition) is 3. The summed E-state index contributed by atoms with van der Waals surface area (Å²) in [4.78, 5) is 4.22. The second-order valence-electron chi connectivity index (χ2n) is 3.76. The van der Waals surface area contributed by atoms with E-state index in [9.17, 15) is 0 Å². The highest BCUT2D eigenvalue weighted by Gasteiger charge is 1.96. The summed E-state index contributed by atoms with van der Waals surface area (Å²) in [7, 11) is 0. The zero-order chi connectivity index (χ0) is 12.1. The number of aromatic hydroxyl groups is 1. The van der Waals surface area contributed by atoms with Crippen molar-refractivity contribution in [3.8, 4) is 5.75 Å². The van der Waals surface area contributed by atoms with Gasteiger partial charge in [-0.2, -0.15) is 0 Å². The second-order valence-corrected chi connectivity index (χ2v) is 3.76. The van der Waals surface area contributed by atoms with Crippen molar-refractivity contribution in [3.63, 3.8) is 0 Å². The summed E-state index contributed by atoms with van der Waals surface area (Å²) in [6.45, 7) is 1.16. The Morgan fingerprint density at radius 3 is 2.47 bits per heavy atom. The summed E-state index contributed by atoms with van der Waals surface area (Å²) in [5.74, 6) is 0.268. The Morgan fingerprint density at radius 2 is 1.88 bits per heavy atom. The Hall–Kier alpha value is -2.07.